The number of para-hydroxylation sites is 1. The number of nitrogens with one attached hydrogen (secondary N) is 1. The number of aromatic amines is 1. The number of carbonyl (C=O) groups is 1. The molecule has 0 aliphatic rings. The van der Waals surface area contributed by atoms with E-state index in [2.05, 4.69) is 32.6 Å². The molecule has 0 unspecified atom stereocenters. The number of carbonyl (C=O) groups excluding carboxylic acids is 1. The quantitative estimate of drug-likeness (QED) is 0.399. The third-order valence-corrected chi connectivity index (χ3v) is 4.64. The number of rotatable bonds is 7. The van der Waals surface area contributed by atoms with Crippen LogP contribution < -0.4 is 15.0 Å². The van der Waals surface area contributed by atoms with Crippen LogP contribution >= 0.6 is 22.6 Å². The summed E-state index contributed by atoms with van der Waals surface area (Å²) in [4.78, 5) is 31.3. The van der Waals surface area contributed by atoms with E-state index in [0.717, 1.165) is 3.57 Å². The SMILES string of the molecule is CCOC(=O)COc1c(I)cc(-c2nc3ccccc3c(=O)[nH]2)cc1OCC. The number of halogens is 1. The van der Waals surface area contributed by atoms with Crippen molar-refractivity contribution in [2.24, 2.45) is 0 Å². The molecule has 0 spiro atoms. The first-order valence-electron chi connectivity index (χ1n) is 8.77. The average molecular weight is 494 g/mol. The summed E-state index contributed by atoms with van der Waals surface area (Å²) in [5.41, 5.74) is 1.08. The van der Waals surface area contributed by atoms with Crippen LogP contribution in [0, 0.1) is 3.57 Å². The van der Waals surface area contributed by atoms with Gasteiger partial charge in [-0.2, -0.15) is 0 Å². The van der Waals surface area contributed by atoms with Gasteiger partial charge in [0.05, 0.1) is 27.7 Å². The minimum Gasteiger partial charge on any atom is -0.490 e. The molecule has 0 aliphatic carbocycles. The fourth-order valence-electron chi connectivity index (χ4n) is 2.66. The van der Waals surface area contributed by atoms with Crippen LogP contribution in [0.5, 0.6) is 11.5 Å². The molecule has 0 bridgehead atoms. The minimum atomic E-state index is -0.453. The van der Waals surface area contributed by atoms with Crippen LogP contribution in [-0.4, -0.2) is 35.8 Å². The highest BCUT2D eigenvalue weighted by atomic mass is 127. The molecule has 0 aliphatic heterocycles. The van der Waals surface area contributed by atoms with Crippen LogP contribution in [0.2, 0.25) is 0 Å². The van der Waals surface area contributed by atoms with Gasteiger partial charge in [0, 0.05) is 5.56 Å². The Morgan fingerprint density at radius 3 is 2.68 bits per heavy atom. The summed E-state index contributed by atoms with van der Waals surface area (Å²) in [5, 5.41) is 0.528. The van der Waals surface area contributed by atoms with Crippen LogP contribution in [0.1, 0.15) is 13.8 Å². The lowest BCUT2D eigenvalue weighted by Crippen LogP contribution is -2.15. The molecule has 0 atom stereocenters. The molecule has 1 aromatic heterocycles. The molecule has 28 heavy (non-hydrogen) atoms. The van der Waals surface area contributed by atoms with E-state index in [1.54, 1.807) is 31.2 Å². The predicted octanol–water partition coefficient (Wildman–Crippen LogP) is 3.54. The summed E-state index contributed by atoms with van der Waals surface area (Å²) in [5.74, 6) is 0.886. The van der Waals surface area contributed by atoms with Gasteiger partial charge in [0.15, 0.2) is 18.1 Å². The summed E-state index contributed by atoms with van der Waals surface area (Å²) in [7, 11) is 0. The Hall–Kier alpha value is -2.62. The smallest absolute Gasteiger partial charge is 0.344 e. The number of nitrogens with zero attached hydrogens (tertiary/aromatic N) is 1. The molecular formula is C20H19IN2O5. The zero-order valence-electron chi connectivity index (χ0n) is 15.5. The highest BCUT2D eigenvalue weighted by molar-refractivity contribution is 14.1. The number of esters is 1. The van der Waals surface area contributed by atoms with E-state index in [1.807, 2.05) is 19.1 Å². The molecule has 2 aromatic carbocycles. The van der Waals surface area contributed by atoms with Crippen molar-refractivity contribution in [3.63, 3.8) is 0 Å². The van der Waals surface area contributed by atoms with Gasteiger partial charge in [-0.1, -0.05) is 12.1 Å². The van der Waals surface area contributed by atoms with Crippen molar-refractivity contribution in [2.45, 2.75) is 13.8 Å². The Balaban J connectivity index is 2.01. The molecule has 3 rings (SSSR count). The number of fused-ring (bicyclic) bond motifs is 1. The maximum atomic E-state index is 12.4. The molecule has 0 radical (unpaired) electrons. The van der Waals surface area contributed by atoms with Crippen LogP contribution in [-0.2, 0) is 9.53 Å². The van der Waals surface area contributed by atoms with Crippen LogP contribution in [0.3, 0.4) is 0 Å². The van der Waals surface area contributed by atoms with E-state index in [1.165, 1.54) is 0 Å². The third-order valence-electron chi connectivity index (χ3n) is 3.84. The number of hydrogen-bond acceptors (Lipinski definition) is 6. The minimum absolute atomic E-state index is 0.212. The molecular weight excluding hydrogens is 475 g/mol. The second-order valence-electron chi connectivity index (χ2n) is 5.74. The van der Waals surface area contributed by atoms with Crippen molar-refractivity contribution in [1.29, 1.82) is 0 Å². The largest absolute Gasteiger partial charge is 0.490 e. The van der Waals surface area contributed by atoms with Crippen LogP contribution in [0.4, 0.5) is 0 Å². The molecule has 1 heterocycles. The summed E-state index contributed by atoms with van der Waals surface area (Å²) in [6, 6.07) is 10.7. The van der Waals surface area contributed by atoms with Gasteiger partial charge in [-0.25, -0.2) is 9.78 Å². The van der Waals surface area contributed by atoms with Crippen LogP contribution in [0.25, 0.3) is 22.3 Å². The Kier molecular flexibility index (Phi) is 6.50. The second-order valence-corrected chi connectivity index (χ2v) is 6.91. The normalized spacial score (nSPS) is 10.7. The second kappa shape index (κ2) is 9.05. The molecule has 146 valence electrons. The van der Waals surface area contributed by atoms with E-state index in [9.17, 15) is 9.59 Å². The highest BCUT2D eigenvalue weighted by Gasteiger charge is 2.16. The number of H-pyrrole nitrogens is 1. The zero-order valence-corrected chi connectivity index (χ0v) is 17.6. The number of hydrogen-bond donors (Lipinski definition) is 1. The summed E-state index contributed by atoms with van der Waals surface area (Å²) in [6.07, 6.45) is 0. The van der Waals surface area contributed by atoms with Crippen molar-refractivity contribution in [2.75, 3.05) is 19.8 Å². The Morgan fingerprint density at radius 1 is 1.14 bits per heavy atom. The van der Waals surface area contributed by atoms with Crippen molar-refractivity contribution in [1.82, 2.24) is 9.97 Å². The molecule has 7 nitrogen and oxygen atoms in total. The van der Waals surface area contributed by atoms with Crippen LogP contribution in [0.15, 0.2) is 41.2 Å². The maximum Gasteiger partial charge on any atom is 0.344 e. The van der Waals surface area contributed by atoms with Gasteiger partial charge in [0.25, 0.3) is 5.56 Å². The first kappa shape index (κ1) is 20.1. The number of benzene rings is 2. The van der Waals surface area contributed by atoms with Crippen molar-refractivity contribution in [3.8, 4) is 22.9 Å². The third kappa shape index (κ3) is 4.44. The highest BCUT2D eigenvalue weighted by Crippen LogP contribution is 2.37. The van der Waals surface area contributed by atoms with Crippen molar-refractivity contribution < 1.29 is 19.0 Å². The lowest BCUT2D eigenvalue weighted by atomic mass is 10.1. The fourth-order valence-corrected chi connectivity index (χ4v) is 3.42. The van der Waals surface area contributed by atoms with E-state index < -0.39 is 5.97 Å². The zero-order chi connectivity index (χ0) is 20.1. The Morgan fingerprint density at radius 2 is 1.93 bits per heavy atom. The lowest BCUT2D eigenvalue weighted by molar-refractivity contribution is -0.145. The first-order chi connectivity index (χ1) is 13.5. The topological polar surface area (TPSA) is 90.5 Å². The summed E-state index contributed by atoms with van der Waals surface area (Å²) >= 11 is 2.10. The molecule has 8 heteroatoms. The average Bonchev–Trinajstić information content (AvgIpc) is 2.67. The summed E-state index contributed by atoms with van der Waals surface area (Å²) in [6.45, 7) is 4.08. The van der Waals surface area contributed by atoms with E-state index in [0.29, 0.717) is 40.4 Å². The van der Waals surface area contributed by atoms with Gasteiger partial charge in [0.1, 0.15) is 5.82 Å². The monoisotopic (exact) mass is 494 g/mol. The standard InChI is InChI=1S/C20H19IN2O5/c1-3-26-16-10-12(9-14(21)18(16)28-11-17(24)27-4-2)19-22-15-8-6-5-7-13(15)20(25)23-19/h5-10H,3-4,11H2,1-2H3,(H,22,23,25). The maximum absolute atomic E-state index is 12.4. The first-order valence-corrected chi connectivity index (χ1v) is 9.85. The summed E-state index contributed by atoms with van der Waals surface area (Å²) < 4.78 is 16.9. The molecule has 0 saturated heterocycles. The van der Waals surface area contributed by atoms with Gasteiger partial charge in [0.2, 0.25) is 0 Å². The van der Waals surface area contributed by atoms with E-state index in [4.69, 9.17) is 14.2 Å². The van der Waals surface area contributed by atoms with E-state index in [-0.39, 0.29) is 18.8 Å². The lowest BCUT2D eigenvalue weighted by Gasteiger charge is -2.15. The van der Waals surface area contributed by atoms with Gasteiger partial charge < -0.3 is 19.2 Å². The fraction of sp³-hybridized carbons (Fsp3) is 0.250. The molecule has 1 N–H and O–H groups in total. The number of ether oxygens (including phenoxy) is 3. The van der Waals surface area contributed by atoms with E-state index >= 15 is 0 Å². The molecule has 0 saturated carbocycles. The molecule has 0 amide bonds. The Bertz CT molecular complexity index is 1060. The molecule has 0 fully saturated rings. The van der Waals surface area contributed by atoms with Crippen molar-refractivity contribution >= 4 is 39.5 Å². The number of aromatic nitrogens is 2. The van der Waals surface area contributed by atoms with Gasteiger partial charge >= 0.3 is 5.97 Å². The van der Waals surface area contributed by atoms with Gasteiger partial charge in [-0.15, -0.1) is 0 Å². The van der Waals surface area contributed by atoms with Gasteiger partial charge in [-0.05, 0) is 60.7 Å². The predicted molar refractivity (Wildman–Crippen MR) is 114 cm³/mol. The Labute approximate surface area is 175 Å². The van der Waals surface area contributed by atoms with Crippen molar-refractivity contribution in [3.05, 3.63) is 50.3 Å². The molecule has 3 aromatic rings. The van der Waals surface area contributed by atoms with Gasteiger partial charge in [-0.3, -0.25) is 4.79 Å².